The van der Waals surface area contributed by atoms with Gasteiger partial charge >= 0.3 is 6.18 Å². The average Bonchev–Trinajstić information content (AvgIpc) is 2.70. The highest BCUT2D eigenvalue weighted by Crippen LogP contribution is 2.37. The molecule has 0 spiro atoms. The molecule has 5 nitrogen and oxygen atoms in total. The topological polar surface area (TPSA) is 59.1 Å². The highest BCUT2D eigenvalue weighted by Gasteiger charge is 2.35. The molecule has 9 heteroatoms. The molecule has 0 atom stereocenters. The standard InChI is InChI=1S/C21H20F4N4O/c1-2-3-12-30-18-7-5-4-6-17(18)28-19-16(21(23,24)25)13-26-20(29-19)27-15-10-8-14(22)9-11-15/h4-11,13H,2-3,12H2,1H3,(H2,26,27,28,29). The van der Waals surface area contributed by atoms with Crippen LogP contribution in [-0.4, -0.2) is 16.6 Å². The molecular weight excluding hydrogens is 400 g/mol. The summed E-state index contributed by atoms with van der Waals surface area (Å²) in [6, 6.07) is 12.0. The summed E-state index contributed by atoms with van der Waals surface area (Å²) in [6.45, 7) is 2.46. The van der Waals surface area contributed by atoms with Crippen molar-refractivity contribution in [1.82, 2.24) is 9.97 Å². The monoisotopic (exact) mass is 420 g/mol. The summed E-state index contributed by atoms with van der Waals surface area (Å²) < 4.78 is 59.2. The fourth-order valence-corrected chi connectivity index (χ4v) is 2.56. The maximum atomic E-state index is 13.5. The van der Waals surface area contributed by atoms with Crippen LogP contribution in [0.5, 0.6) is 5.75 Å². The van der Waals surface area contributed by atoms with E-state index in [-0.39, 0.29) is 5.95 Å². The number of ether oxygens (including phenoxy) is 1. The van der Waals surface area contributed by atoms with Crippen molar-refractivity contribution < 1.29 is 22.3 Å². The molecule has 0 aliphatic carbocycles. The Morgan fingerprint density at radius 1 is 1.00 bits per heavy atom. The average molecular weight is 420 g/mol. The van der Waals surface area contributed by atoms with Gasteiger partial charge in [-0.3, -0.25) is 0 Å². The number of alkyl halides is 3. The Hall–Kier alpha value is -3.36. The number of nitrogens with zero attached hydrogens (tertiary/aromatic N) is 2. The lowest BCUT2D eigenvalue weighted by Crippen LogP contribution is -2.13. The van der Waals surface area contributed by atoms with Gasteiger partial charge in [-0.1, -0.05) is 25.5 Å². The Balaban J connectivity index is 1.91. The van der Waals surface area contributed by atoms with Gasteiger partial charge in [-0.2, -0.15) is 18.2 Å². The number of nitrogens with one attached hydrogen (secondary N) is 2. The van der Waals surface area contributed by atoms with Crippen LogP contribution in [0.15, 0.2) is 54.7 Å². The van der Waals surface area contributed by atoms with Crippen molar-refractivity contribution >= 4 is 23.1 Å². The van der Waals surface area contributed by atoms with Crippen molar-refractivity contribution in [1.29, 1.82) is 0 Å². The first kappa shape index (κ1) is 21.4. The summed E-state index contributed by atoms with van der Waals surface area (Å²) in [4.78, 5) is 7.73. The lowest BCUT2D eigenvalue weighted by molar-refractivity contribution is -0.137. The first-order chi connectivity index (χ1) is 14.4. The number of unbranched alkanes of at least 4 members (excludes halogenated alkanes) is 1. The third-order valence-corrected chi connectivity index (χ3v) is 4.09. The van der Waals surface area contributed by atoms with Gasteiger partial charge in [0, 0.05) is 11.9 Å². The van der Waals surface area contributed by atoms with Crippen LogP contribution < -0.4 is 15.4 Å². The summed E-state index contributed by atoms with van der Waals surface area (Å²) in [5.74, 6) is -0.503. The molecule has 0 fully saturated rings. The van der Waals surface area contributed by atoms with E-state index in [2.05, 4.69) is 20.6 Å². The van der Waals surface area contributed by atoms with Gasteiger partial charge in [0.2, 0.25) is 5.95 Å². The number of hydrogen-bond donors (Lipinski definition) is 2. The van der Waals surface area contributed by atoms with E-state index in [4.69, 9.17) is 4.74 Å². The molecule has 3 aromatic rings. The Morgan fingerprint density at radius 3 is 2.43 bits per heavy atom. The first-order valence-corrected chi connectivity index (χ1v) is 9.32. The number of benzene rings is 2. The van der Waals surface area contributed by atoms with E-state index in [1.165, 1.54) is 24.3 Å². The molecule has 0 aliphatic rings. The molecule has 0 radical (unpaired) electrons. The van der Waals surface area contributed by atoms with Gasteiger partial charge in [0.05, 0.1) is 12.3 Å². The highest BCUT2D eigenvalue weighted by molar-refractivity contribution is 5.67. The van der Waals surface area contributed by atoms with Crippen molar-refractivity contribution in [3.63, 3.8) is 0 Å². The lowest BCUT2D eigenvalue weighted by atomic mass is 10.2. The summed E-state index contributed by atoms with van der Waals surface area (Å²) in [6.07, 6.45) is -2.21. The van der Waals surface area contributed by atoms with Crippen LogP contribution in [0.25, 0.3) is 0 Å². The normalized spacial score (nSPS) is 11.2. The fraction of sp³-hybridized carbons (Fsp3) is 0.238. The summed E-state index contributed by atoms with van der Waals surface area (Å²) in [7, 11) is 0. The van der Waals surface area contributed by atoms with Gasteiger partial charge < -0.3 is 15.4 Å². The van der Waals surface area contributed by atoms with Crippen molar-refractivity contribution in [2.45, 2.75) is 25.9 Å². The summed E-state index contributed by atoms with van der Waals surface area (Å²) in [5, 5.41) is 5.48. The maximum Gasteiger partial charge on any atom is 0.421 e. The number of aromatic nitrogens is 2. The Bertz CT molecular complexity index is 977. The molecule has 0 bridgehead atoms. The Labute approximate surface area is 171 Å². The third kappa shape index (κ3) is 5.59. The van der Waals surface area contributed by atoms with Crippen molar-refractivity contribution in [3.05, 3.63) is 66.1 Å². The minimum Gasteiger partial charge on any atom is -0.491 e. The van der Waals surface area contributed by atoms with Crippen LogP contribution in [0.3, 0.4) is 0 Å². The molecule has 2 aromatic carbocycles. The molecule has 1 heterocycles. The van der Waals surface area contributed by atoms with Crippen LogP contribution in [0.1, 0.15) is 25.3 Å². The summed E-state index contributed by atoms with van der Waals surface area (Å²) in [5.41, 5.74) is -0.230. The first-order valence-electron chi connectivity index (χ1n) is 9.32. The SMILES string of the molecule is CCCCOc1ccccc1Nc1nc(Nc2ccc(F)cc2)ncc1C(F)(F)F. The van der Waals surface area contributed by atoms with E-state index in [0.29, 0.717) is 29.9 Å². The molecule has 30 heavy (non-hydrogen) atoms. The second kappa shape index (κ2) is 9.43. The van der Waals surface area contributed by atoms with E-state index in [9.17, 15) is 17.6 Å². The molecule has 0 aliphatic heterocycles. The number of anilines is 4. The zero-order valence-corrected chi connectivity index (χ0v) is 16.1. The largest absolute Gasteiger partial charge is 0.491 e. The molecule has 3 rings (SSSR count). The molecule has 0 amide bonds. The van der Waals surface area contributed by atoms with Gasteiger partial charge in [0.1, 0.15) is 22.9 Å². The predicted molar refractivity (Wildman–Crippen MR) is 107 cm³/mol. The highest BCUT2D eigenvalue weighted by atomic mass is 19.4. The van der Waals surface area contributed by atoms with E-state index >= 15 is 0 Å². The van der Waals surface area contributed by atoms with Crippen LogP contribution in [0.2, 0.25) is 0 Å². The Morgan fingerprint density at radius 2 is 1.73 bits per heavy atom. The zero-order valence-electron chi connectivity index (χ0n) is 16.1. The molecule has 1 aromatic heterocycles. The van der Waals surface area contributed by atoms with Crippen LogP contribution in [0, 0.1) is 5.82 Å². The second-order valence-corrected chi connectivity index (χ2v) is 6.41. The van der Waals surface area contributed by atoms with Crippen molar-refractivity contribution in [2.75, 3.05) is 17.2 Å². The smallest absolute Gasteiger partial charge is 0.421 e. The van der Waals surface area contributed by atoms with Gasteiger partial charge in [-0.05, 0) is 42.8 Å². The molecule has 158 valence electrons. The lowest BCUT2D eigenvalue weighted by Gasteiger charge is -2.17. The molecule has 0 unspecified atom stereocenters. The Kier molecular flexibility index (Phi) is 6.71. The number of para-hydroxylation sites is 2. The van der Waals surface area contributed by atoms with Gasteiger partial charge in [0.15, 0.2) is 0 Å². The van der Waals surface area contributed by atoms with E-state index in [1.54, 1.807) is 24.3 Å². The van der Waals surface area contributed by atoms with Crippen LogP contribution in [0.4, 0.5) is 40.7 Å². The van der Waals surface area contributed by atoms with Crippen molar-refractivity contribution in [2.24, 2.45) is 0 Å². The number of halogens is 4. The van der Waals surface area contributed by atoms with Gasteiger partial charge in [-0.15, -0.1) is 0 Å². The van der Waals surface area contributed by atoms with Gasteiger partial charge in [-0.25, -0.2) is 9.37 Å². The quantitative estimate of drug-likeness (QED) is 0.331. The van der Waals surface area contributed by atoms with Crippen LogP contribution >= 0.6 is 0 Å². The summed E-state index contributed by atoms with van der Waals surface area (Å²) >= 11 is 0. The predicted octanol–water partition coefficient (Wildman–Crippen LogP) is 6.30. The second-order valence-electron chi connectivity index (χ2n) is 6.41. The van der Waals surface area contributed by atoms with Crippen molar-refractivity contribution in [3.8, 4) is 5.75 Å². The number of rotatable bonds is 8. The zero-order chi connectivity index (χ0) is 21.6. The minimum atomic E-state index is -4.66. The van der Waals surface area contributed by atoms with Crippen LogP contribution in [-0.2, 0) is 6.18 Å². The third-order valence-electron chi connectivity index (χ3n) is 4.09. The number of hydrogen-bond acceptors (Lipinski definition) is 5. The van der Waals surface area contributed by atoms with E-state index < -0.39 is 23.4 Å². The fourth-order valence-electron chi connectivity index (χ4n) is 2.56. The maximum absolute atomic E-state index is 13.5. The molecule has 0 saturated heterocycles. The molecular formula is C21H20F4N4O. The van der Waals surface area contributed by atoms with E-state index in [0.717, 1.165) is 12.8 Å². The molecule has 2 N–H and O–H groups in total. The molecule has 0 saturated carbocycles. The van der Waals surface area contributed by atoms with Gasteiger partial charge in [0.25, 0.3) is 0 Å². The minimum absolute atomic E-state index is 0.0681. The van der Waals surface area contributed by atoms with E-state index in [1.807, 2.05) is 6.92 Å².